The Kier molecular flexibility index (Phi) is 5.24. The zero-order valence-electron chi connectivity index (χ0n) is 12.7. The van der Waals surface area contributed by atoms with Crippen molar-refractivity contribution in [1.82, 2.24) is 20.5 Å². The third kappa shape index (κ3) is 4.41. The smallest absolute Gasteiger partial charge is 0.315 e. The molecule has 0 fully saturated rings. The second-order valence-corrected chi connectivity index (χ2v) is 4.92. The minimum atomic E-state index is -0.415. The molecule has 3 amide bonds. The van der Waals surface area contributed by atoms with E-state index in [1.165, 1.54) is 6.26 Å². The molecule has 0 unspecified atom stereocenters. The average Bonchev–Trinajstić information content (AvgIpc) is 3.13. The first-order chi connectivity index (χ1) is 10.6. The predicted octanol–water partition coefficient (Wildman–Crippen LogP) is 1.04. The molecule has 0 atom stereocenters. The summed E-state index contributed by atoms with van der Waals surface area (Å²) in [5.41, 5.74) is 2.13. The van der Waals surface area contributed by atoms with Crippen LogP contribution in [0.25, 0.3) is 0 Å². The maximum absolute atomic E-state index is 11.7. The number of aryl methyl sites for hydroxylation is 1. The van der Waals surface area contributed by atoms with Crippen LogP contribution in [0.15, 0.2) is 34.9 Å². The van der Waals surface area contributed by atoms with Gasteiger partial charge < -0.3 is 24.9 Å². The van der Waals surface area contributed by atoms with E-state index in [1.54, 1.807) is 12.1 Å². The van der Waals surface area contributed by atoms with Crippen molar-refractivity contribution in [3.8, 4) is 0 Å². The first-order valence-corrected chi connectivity index (χ1v) is 6.98. The second-order valence-electron chi connectivity index (χ2n) is 4.92. The fraction of sp³-hybridized carbons (Fsp3) is 0.333. The van der Waals surface area contributed by atoms with Gasteiger partial charge in [0.25, 0.3) is 0 Å². The minimum Gasteiger partial charge on any atom is -0.467 e. The number of nitrogens with zero attached hydrogens (tertiary/aromatic N) is 1. The molecule has 0 aliphatic heterocycles. The molecular weight excluding hydrogens is 284 g/mol. The van der Waals surface area contributed by atoms with Crippen molar-refractivity contribution in [2.24, 2.45) is 7.05 Å². The van der Waals surface area contributed by atoms with E-state index in [0.717, 1.165) is 11.4 Å². The molecule has 2 aromatic heterocycles. The quantitative estimate of drug-likeness (QED) is 0.745. The molecule has 7 heteroatoms. The van der Waals surface area contributed by atoms with Crippen LogP contribution < -0.4 is 16.0 Å². The van der Waals surface area contributed by atoms with Gasteiger partial charge in [0.1, 0.15) is 5.76 Å². The summed E-state index contributed by atoms with van der Waals surface area (Å²) in [5.74, 6) is 0.408. The molecule has 2 heterocycles. The molecule has 0 radical (unpaired) electrons. The summed E-state index contributed by atoms with van der Waals surface area (Å²) in [6.45, 7) is 2.63. The lowest BCUT2D eigenvalue weighted by molar-refractivity contribution is -0.120. The normalized spacial score (nSPS) is 10.3. The van der Waals surface area contributed by atoms with E-state index in [-0.39, 0.29) is 19.0 Å². The van der Waals surface area contributed by atoms with Gasteiger partial charge in [0.15, 0.2) is 0 Å². The number of carbonyl (C=O) groups excluding carboxylic acids is 2. The maximum Gasteiger partial charge on any atom is 0.315 e. The number of nitrogens with one attached hydrogen (secondary N) is 3. The number of furan rings is 1. The number of aromatic nitrogens is 1. The zero-order chi connectivity index (χ0) is 15.9. The van der Waals surface area contributed by atoms with E-state index >= 15 is 0 Å². The molecular formula is C15H20N4O3. The van der Waals surface area contributed by atoms with Crippen LogP contribution in [0.2, 0.25) is 0 Å². The van der Waals surface area contributed by atoms with E-state index in [2.05, 4.69) is 16.0 Å². The number of urea groups is 1. The highest BCUT2D eigenvalue weighted by atomic mass is 16.3. The Bertz CT molecular complexity index is 631. The summed E-state index contributed by atoms with van der Waals surface area (Å²) < 4.78 is 7.09. The summed E-state index contributed by atoms with van der Waals surface area (Å²) >= 11 is 0. The van der Waals surface area contributed by atoms with Gasteiger partial charge in [0, 0.05) is 18.4 Å². The van der Waals surface area contributed by atoms with E-state index < -0.39 is 6.03 Å². The van der Waals surface area contributed by atoms with Crippen LogP contribution in [0.1, 0.15) is 17.1 Å². The van der Waals surface area contributed by atoms with E-state index in [9.17, 15) is 9.59 Å². The van der Waals surface area contributed by atoms with Gasteiger partial charge in [-0.15, -0.1) is 0 Å². The Morgan fingerprint density at radius 1 is 1.14 bits per heavy atom. The van der Waals surface area contributed by atoms with Crippen LogP contribution in [0.3, 0.4) is 0 Å². The standard InChI is InChI=1S/C15H20N4O3/c1-11-5-6-12(19(11)2)8-16-14(20)10-18-15(21)17-9-13-4-3-7-22-13/h3-7H,8-10H2,1-2H3,(H,16,20)(H2,17,18,21). The lowest BCUT2D eigenvalue weighted by Crippen LogP contribution is -2.41. The summed E-state index contributed by atoms with van der Waals surface area (Å²) in [4.78, 5) is 23.2. The van der Waals surface area contributed by atoms with E-state index in [0.29, 0.717) is 12.3 Å². The van der Waals surface area contributed by atoms with Gasteiger partial charge in [0.05, 0.1) is 25.9 Å². The molecule has 0 aliphatic rings. The fourth-order valence-corrected chi connectivity index (χ4v) is 1.90. The first-order valence-electron chi connectivity index (χ1n) is 6.98. The van der Waals surface area contributed by atoms with Crippen LogP contribution >= 0.6 is 0 Å². The van der Waals surface area contributed by atoms with E-state index in [1.807, 2.05) is 30.7 Å². The highest BCUT2D eigenvalue weighted by molar-refractivity contribution is 5.83. The summed E-state index contributed by atoms with van der Waals surface area (Å²) in [6, 6.07) is 7.03. The van der Waals surface area contributed by atoms with Gasteiger partial charge >= 0.3 is 6.03 Å². The van der Waals surface area contributed by atoms with Gasteiger partial charge in [-0.2, -0.15) is 0 Å². The molecule has 0 aliphatic carbocycles. The second kappa shape index (κ2) is 7.35. The van der Waals surface area contributed by atoms with Crippen molar-refractivity contribution >= 4 is 11.9 Å². The Hall–Kier alpha value is -2.70. The molecule has 2 rings (SSSR count). The monoisotopic (exact) mass is 304 g/mol. The van der Waals surface area contributed by atoms with Crippen LogP contribution in [0.4, 0.5) is 4.79 Å². The largest absolute Gasteiger partial charge is 0.467 e. The third-order valence-corrected chi connectivity index (χ3v) is 3.36. The Labute approximate surface area is 128 Å². The Morgan fingerprint density at radius 3 is 2.59 bits per heavy atom. The summed E-state index contributed by atoms with van der Waals surface area (Å²) in [6.07, 6.45) is 1.54. The maximum atomic E-state index is 11.7. The van der Waals surface area contributed by atoms with Gasteiger partial charge in [-0.3, -0.25) is 4.79 Å². The topological polar surface area (TPSA) is 88.3 Å². The first kappa shape index (κ1) is 15.7. The van der Waals surface area contributed by atoms with Crippen LogP contribution in [0, 0.1) is 6.92 Å². The minimum absolute atomic E-state index is 0.0760. The molecule has 0 bridgehead atoms. The van der Waals surface area contributed by atoms with Crippen molar-refractivity contribution in [3.05, 3.63) is 47.7 Å². The van der Waals surface area contributed by atoms with Crippen LogP contribution in [-0.2, 0) is 24.9 Å². The zero-order valence-corrected chi connectivity index (χ0v) is 12.7. The van der Waals surface area contributed by atoms with Crippen LogP contribution in [0.5, 0.6) is 0 Å². The van der Waals surface area contributed by atoms with E-state index in [4.69, 9.17) is 4.42 Å². The Balaban J connectivity index is 1.64. The van der Waals surface area contributed by atoms with Gasteiger partial charge in [-0.05, 0) is 31.2 Å². The Morgan fingerprint density at radius 2 is 1.95 bits per heavy atom. The third-order valence-electron chi connectivity index (χ3n) is 3.36. The molecule has 7 nitrogen and oxygen atoms in total. The lowest BCUT2D eigenvalue weighted by Gasteiger charge is -2.09. The molecule has 2 aromatic rings. The number of carbonyl (C=O) groups is 2. The summed E-state index contributed by atoms with van der Waals surface area (Å²) in [7, 11) is 1.94. The fourth-order valence-electron chi connectivity index (χ4n) is 1.90. The number of amides is 3. The lowest BCUT2D eigenvalue weighted by atomic mass is 10.4. The molecule has 3 N–H and O–H groups in total. The molecule has 0 saturated heterocycles. The molecule has 0 saturated carbocycles. The summed E-state index contributed by atoms with van der Waals surface area (Å²) in [5, 5.41) is 7.85. The highest BCUT2D eigenvalue weighted by Gasteiger charge is 2.07. The highest BCUT2D eigenvalue weighted by Crippen LogP contribution is 2.04. The molecule has 0 aromatic carbocycles. The molecule has 118 valence electrons. The van der Waals surface area contributed by atoms with Crippen molar-refractivity contribution < 1.29 is 14.0 Å². The molecule has 0 spiro atoms. The van der Waals surface area contributed by atoms with Crippen LogP contribution in [-0.4, -0.2) is 23.1 Å². The number of rotatable bonds is 6. The van der Waals surface area contributed by atoms with Gasteiger partial charge in [0.2, 0.25) is 5.91 Å². The SMILES string of the molecule is Cc1ccc(CNC(=O)CNC(=O)NCc2ccco2)n1C. The van der Waals surface area contributed by atoms with Gasteiger partial charge in [-0.1, -0.05) is 0 Å². The van der Waals surface area contributed by atoms with Crippen molar-refractivity contribution in [2.75, 3.05) is 6.54 Å². The van der Waals surface area contributed by atoms with Crippen molar-refractivity contribution in [1.29, 1.82) is 0 Å². The van der Waals surface area contributed by atoms with Crippen molar-refractivity contribution in [3.63, 3.8) is 0 Å². The van der Waals surface area contributed by atoms with Gasteiger partial charge in [-0.25, -0.2) is 4.79 Å². The van der Waals surface area contributed by atoms with Crippen molar-refractivity contribution in [2.45, 2.75) is 20.0 Å². The molecule has 22 heavy (non-hydrogen) atoms. The number of hydrogen-bond donors (Lipinski definition) is 3. The average molecular weight is 304 g/mol. The predicted molar refractivity (Wildman–Crippen MR) is 80.9 cm³/mol. The number of hydrogen-bond acceptors (Lipinski definition) is 3.